The van der Waals surface area contributed by atoms with Crippen molar-refractivity contribution in [1.29, 1.82) is 0 Å². The van der Waals surface area contributed by atoms with Gasteiger partial charge in [-0.3, -0.25) is 0 Å². The third-order valence-corrected chi connectivity index (χ3v) is 3.73. The number of ether oxygens (including phenoxy) is 1. The van der Waals surface area contributed by atoms with Crippen molar-refractivity contribution in [3.8, 4) is 17.2 Å². The number of methoxy groups -OCH3 is 1. The van der Waals surface area contributed by atoms with Crippen LogP contribution in [0.5, 0.6) is 5.75 Å². The molecule has 2 heterocycles. The highest BCUT2D eigenvalue weighted by atomic mass is 32.2. The van der Waals surface area contributed by atoms with Gasteiger partial charge in [0.2, 0.25) is 0 Å². The third-order valence-electron chi connectivity index (χ3n) is 3.18. The number of anilines is 3. The molecule has 0 aliphatic rings. The van der Waals surface area contributed by atoms with Crippen LogP contribution in [0.1, 0.15) is 0 Å². The summed E-state index contributed by atoms with van der Waals surface area (Å²) < 4.78 is 10.6. The van der Waals surface area contributed by atoms with Gasteiger partial charge in [-0.1, -0.05) is 11.8 Å². The zero-order valence-electron chi connectivity index (χ0n) is 12.7. The van der Waals surface area contributed by atoms with Crippen LogP contribution in [0.3, 0.4) is 0 Å². The van der Waals surface area contributed by atoms with E-state index in [4.69, 9.17) is 14.9 Å². The lowest BCUT2D eigenvalue weighted by Gasteiger charge is -2.11. The highest BCUT2D eigenvalue weighted by molar-refractivity contribution is 7.98. The van der Waals surface area contributed by atoms with E-state index in [9.17, 15) is 0 Å². The van der Waals surface area contributed by atoms with Gasteiger partial charge in [0.05, 0.1) is 24.7 Å². The summed E-state index contributed by atoms with van der Waals surface area (Å²) in [4.78, 5) is 8.91. The number of thioether (sulfide) groups is 1. The van der Waals surface area contributed by atoms with Gasteiger partial charge in [0.25, 0.3) is 0 Å². The molecule has 0 radical (unpaired) electrons. The Morgan fingerprint density at radius 3 is 2.74 bits per heavy atom. The van der Waals surface area contributed by atoms with E-state index in [0.717, 1.165) is 5.69 Å². The molecule has 23 heavy (non-hydrogen) atoms. The first-order valence-electron chi connectivity index (χ1n) is 6.87. The van der Waals surface area contributed by atoms with Gasteiger partial charge < -0.3 is 20.2 Å². The fraction of sp³-hybridized carbons (Fsp3) is 0.125. The molecule has 6 nitrogen and oxygen atoms in total. The summed E-state index contributed by atoms with van der Waals surface area (Å²) in [6.07, 6.45) is 3.54. The van der Waals surface area contributed by atoms with Crippen LogP contribution in [0, 0.1) is 0 Å². The molecule has 3 aromatic rings. The van der Waals surface area contributed by atoms with Crippen LogP contribution in [-0.2, 0) is 0 Å². The van der Waals surface area contributed by atoms with Crippen molar-refractivity contribution in [2.75, 3.05) is 24.4 Å². The number of hydrogen-bond acceptors (Lipinski definition) is 7. The Bertz CT molecular complexity index is 806. The maximum atomic E-state index is 6.04. The molecule has 1 aromatic carbocycles. The van der Waals surface area contributed by atoms with Crippen LogP contribution in [-0.4, -0.2) is 23.3 Å². The molecule has 0 amide bonds. The topological polar surface area (TPSA) is 86.2 Å². The first kappa shape index (κ1) is 15.2. The second-order valence-electron chi connectivity index (χ2n) is 4.68. The molecular formula is C16H16N4O2S. The molecule has 118 valence electrons. The van der Waals surface area contributed by atoms with E-state index < -0.39 is 0 Å². The number of nitrogen functional groups attached to an aromatic ring is 1. The molecule has 3 rings (SSSR count). The largest absolute Gasteiger partial charge is 0.497 e. The smallest absolute Gasteiger partial charge is 0.189 e. The van der Waals surface area contributed by atoms with Crippen LogP contribution in [0.25, 0.3) is 11.5 Å². The van der Waals surface area contributed by atoms with Crippen molar-refractivity contribution in [2.45, 2.75) is 5.16 Å². The zero-order chi connectivity index (χ0) is 16.2. The van der Waals surface area contributed by atoms with Crippen molar-refractivity contribution in [3.63, 3.8) is 0 Å². The number of benzene rings is 1. The summed E-state index contributed by atoms with van der Waals surface area (Å²) >= 11 is 1.46. The minimum atomic E-state index is 0.577. The fourth-order valence-corrected chi connectivity index (χ4v) is 2.43. The van der Waals surface area contributed by atoms with Gasteiger partial charge in [-0.2, -0.15) is 0 Å². The average molecular weight is 328 g/mol. The maximum Gasteiger partial charge on any atom is 0.189 e. The van der Waals surface area contributed by atoms with Crippen LogP contribution in [0.2, 0.25) is 0 Å². The summed E-state index contributed by atoms with van der Waals surface area (Å²) in [5.41, 5.74) is 8.08. The monoisotopic (exact) mass is 328 g/mol. The van der Waals surface area contributed by atoms with Crippen molar-refractivity contribution in [3.05, 3.63) is 42.7 Å². The lowest BCUT2D eigenvalue weighted by Crippen LogP contribution is -2.01. The summed E-state index contributed by atoms with van der Waals surface area (Å²) in [6.45, 7) is 0. The van der Waals surface area contributed by atoms with E-state index in [1.165, 1.54) is 11.8 Å². The van der Waals surface area contributed by atoms with Gasteiger partial charge in [0, 0.05) is 12.1 Å². The van der Waals surface area contributed by atoms with Gasteiger partial charge in [-0.15, -0.1) is 0 Å². The minimum Gasteiger partial charge on any atom is -0.497 e. The van der Waals surface area contributed by atoms with Crippen LogP contribution >= 0.6 is 11.8 Å². The van der Waals surface area contributed by atoms with Crippen molar-refractivity contribution >= 4 is 29.0 Å². The van der Waals surface area contributed by atoms with Gasteiger partial charge >= 0.3 is 0 Å². The molecular weight excluding hydrogens is 312 g/mol. The molecule has 0 unspecified atom stereocenters. The molecule has 0 bridgehead atoms. The van der Waals surface area contributed by atoms with E-state index in [0.29, 0.717) is 33.9 Å². The molecule has 0 atom stereocenters. The van der Waals surface area contributed by atoms with Crippen molar-refractivity contribution < 1.29 is 9.15 Å². The number of aromatic nitrogens is 2. The first-order chi connectivity index (χ1) is 11.2. The minimum absolute atomic E-state index is 0.577. The molecule has 2 aromatic heterocycles. The van der Waals surface area contributed by atoms with Crippen LogP contribution < -0.4 is 15.8 Å². The van der Waals surface area contributed by atoms with Gasteiger partial charge in [-0.25, -0.2) is 9.97 Å². The predicted molar refractivity (Wildman–Crippen MR) is 92.2 cm³/mol. The lowest BCUT2D eigenvalue weighted by molar-refractivity contribution is 0.415. The van der Waals surface area contributed by atoms with E-state index in [-0.39, 0.29) is 0 Å². The molecule has 7 heteroatoms. The molecule has 0 aliphatic heterocycles. The quantitative estimate of drug-likeness (QED) is 0.418. The van der Waals surface area contributed by atoms with E-state index >= 15 is 0 Å². The Labute approximate surface area is 138 Å². The standard InChI is InChI=1S/C16H16N4O2S/c1-21-10-5-6-12(11(17)8-10)18-15-9-13(14-4-3-7-22-14)19-16(20-15)23-2/h3-9H,17H2,1-2H3,(H,18,19,20). The summed E-state index contributed by atoms with van der Waals surface area (Å²) in [5.74, 6) is 2.04. The fourth-order valence-electron chi connectivity index (χ4n) is 2.05. The number of nitrogens with zero attached hydrogens (tertiary/aromatic N) is 2. The third kappa shape index (κ3) is 3.40. The number of hydrogen-bond donors (Lipinski definition) is 2. The highest BCUT2D eigenvalue weighted by Gasteiger charge is 2.10. The van der Waals surface area contributed by atoms with E-state index in [1.807, 2.05) is 36.6 Å². The van der Waals surface area contributed by atoms with Gasteiger partial charge in [0.1, 0.15) is 17.3 Å². The van der Waals surface area contributed by atoms with Gasteiger partial charge in [0.15, 0.2) is 10.9 Å². The number of furan rings is 1. The predicted octanol–water partition coefficient (Wildman–Crippen LogP) is 3.79. The summed E-state index contributed by atoms with van der Waals surface area (Å²) in [6, 6.07) is 10.9. The van der Waals surface area contributed by atoms with E-state index in [2.05, 4.69) is 15.3 Å². The second kappa shape index (κ2) is 6.62. The van der Waals surface area contributed by atoms with Crippen molar-refractivity contribution in [2.24, 2.45) is 0 Å². The maximum absolute atomic E-state index is 6.04. The molecule has 0 aliphatic carbocycles. The molecule has 0 saturated heterocycles. The number of nitrogens with two attached hydrogens (primary N) is 1. The Balaban J connectivity index is 1.95. The van der Waals surface area contributed by atoms with Crippen molar-refractivity contribution in [1.82, 2.24) is 9.97 Å². The Morgan fingerprint density at radius 1 is 1.22 bits per heavy atom. The molecule has 0 saturated carbocycles. The zero-order valence-corrected chi connectivity index (χ0v) is 13.6. The van der Waals surface area contributed by atoms with Gasteiger partial charge in [-0.05, 0) is 30.5 Å². The Kier molecular flexibility index (Phi) is 4.38. The summed E-state index contributed by atoms with van der Waals surface area (Å²) in [5, 5.41) is 3.86. The molecule has 0 spiro atoms. The highest BCUT2D eigenvalue weighted by Crippen LogP contribution is 2.29. The Morgan fingerprint density at radius 2 is 2.09 bits per heavy atom. The Hall–Kier alpha value is -2.67. The molecule has 0 fully saturated rings. The van der Waals surface area contributed by atoms with Crippen LogP contribution in [0.15, 0.2) is 52.2 Å². The van der Waals surface area contributed by atoms with Crippen LogP contribution in [0.4, 0.5) is 17.2 Å². The summed E-state index contributed by atoms with van der Waals surface area (Å²) in [7, 11) is 1.60. The number of rotatable bonds is 5. The molecule has 3 N–H and O–H groups in total. The normalized spacial score (nSPS) is 10.5. The SMILES string of the molecule is COc1ccc(Nc2cc(-c3ccco3)nc(SC)n2)c(N)c1. The lowest BCUT2D eigenvalue weighted by atomic mass is 10.2. The number of nitrogens with one attached hydrogen (secondary N) is 1. The van der Waals surface area contributed by atoms with E-state index in [1.54, 1.807) is 19.4 Å². The average Bonchev–Trinajstić information content (AvgIpc) is 3.11. The first-order valence-corrected chi connectivity index (χ1v) is 8.09. The second-order valence-corrected chi connectivity index (χ2v) is 5.45.